The number of carbonyl (C=O) groups is 2. The number of H-pyrrole nitrogens is 1. The highest BCUT2D eigenvalue weighted by Gasteiger charge is 2.17. The average Bonchev–Trinajstić information content (AvgIpc) is 2.83. The number of aromatic amines is 1. The molecule has 0 amide bonds. The number of ketones is 1. The number of hydrogen-bond acceptors (Lipinski definition) is 4. The third kappa shape index (κ3) is 1.69. The van der Waals surface area contributed by atoms with Gasteiger partial charge in [0.05, 0.1) is 11.1 Å². The van der Waals surface area contributed by atoms with E-state index in [1.165, 1.54) is 11.3 Å². The predicted molar refractivity (Wildman–Crippen MR) is 61.2 cm³/mol. The Morgan fingerprint density at radius 1 is 1.50 bits per heavy atom. The number of nitrogens with zero attached hydrogens (tertiary/aromatic N) is 1. The molecule has 16 heavy (non-hydrogen) atoms. The molecule has 2 heterocycles. The summed E-state index contributed by atoms with van der Waals surface area (Å²) in [7, 11) is 0. The molecule has 2 rings (SSSR count). The lowest BCUT2D eigenvalue weighted by atomic mass is 10.1. The molecule has 2 aromatic heterocycles. The molecule has 82 valence electrons. The van der Waals surface area contributed by atoms with Crippen LogP contribution in [0.25, 0.3) is 0 Å². The van der Waals surface area contributed by atoms with E-state index < -0.39 is 0 Å². The fraction of sp³-hybridized carbons (Fsp3) is 0.182. The first kappa shape index (κ1) is 10.8. The van der Waals surface area contributed by atoms with Crippen LogP contribution < -0.4 is 0 Å². The van der Waals surface area contributed by atoms with Crippen LogP contribution in [0.3, 0.4) is 0 Å². The Morgan fingerprint density at radius 2 is 2.25 bits per heavy atom. The number of hydrogen-bond donors (Lipinski definition) is 1. The number of thiophene rings is 1. The summed E-state index contributed by atoms with van der Waals surface area (Å²) < 4.78 is 0. The van der Waals surface area contributed by atoms with Crippen molar-refractivity contribution in [3.05, 3.63) is 38.8 Å². The Balaban J connectivity index is 2.42. The standard InChI is InChI=1S/C11H10N2O2S/c1-6-4-12-13-10(6)11(15)9-3-8(5-14)7(2)16-9/h3-5H,1-2H3,(H,12,13). The molecule has 0 spiro atoms. The fourth-order valence-electron chi connectivity index (χ4n) is 1.42. The van der Waals surface area contributed by atoms with E-state index in [-0.39, 0.29) is 5.78 Å². The van der Waals surface area contributed by atoms with Crippen LogP contribution in [0.2, 0.25) is 0 Å². The topological polar surface area (TPSA) is 62.8 Å². The summed E-state index contributed by atoms with van der Waals surface area (Å²) in [5, 5.41) is 6.48. The van der Waals surface area contributed by atoms with Gasteiger partial charge in [-0.25, -0.2) is 0 Å². The van der Waals surface area contributed by atoms with Gasteiger partial charge in [0.25, 0.3) is 0 Å². The van der Waals surface area contributed by atoms with Crippen LogP contribution in [0.5, 0.6) is 0 Å². The van der Waals surface area contributed by atoms with Crippen molar-refractivity contribution in [1.82, 2.24) is 10.2 Å². The molecule has 0 aliphatic rings. The van der Waals surface area contributed by atoms with Crippen molar-refractivity contribution in [3.8, 4) is 0 Å². The van der Waals surface area contributed by atoms with Crippen molar-refractivity contribution in [2.45, 2.75) is 13.8 Å². The van der Waals surface area contributed by atoms with Crippen LogP contribution in [-0.4, -0.2) is 22.3 Å². The second kappa shape index (κ2) is 4.02. The second-order valence-corrected chi connectivity index (χ2v) is 4.75. The minimum atomic E-state index is -0.115. The quantitative estimate of drug-likeness (QED) is 0.653. The third-order valence-corrected chi connectivity index (χ3v) is 3.43. The number of nitrogens with one attached hydrogen (secondary N) is 1. The highest BCUT2D eigenvalue weighted by molar-refractivity contribution is 7.14. The second-order valence-electron chi connectivity index (χ2n) is 3.50. The van der Waals surface area contributed by atoms with Gasteiger partial charge >= 0.3 is 0 Å². The molecule has 2 aromatic rings. The summed E-state index contributed by atoms with van der Waals surface area (Å²) in [6.07, 6.45) is 2.37. The van der Waals surface area contributed by atoms with Gasteiger partial charge in [0.15, 0.2) is 6.29 Å². The zero-order valence-electron chi connectivity index (χ0n) is 8.90. The molecule has 0 radical (unpaired) electrons. The molecule has 5 heteroatoms. The lowest BCUT2D eigenvalue weighted by Gasteiger charge is -1.94. The molecule has 0 atom stereocenters. The van der Waals surface area contributed by atoms with Crippen molar-refractivity contribution >= 4 is 23.4 Å². The minimum Gasteiger partial charge on any atom is -0.298 e. The van der Waals surface area contributed by atoms with Crippen molar-refractivity contribution in [1.29, 1.82) is 0 Å². The maximum Gasteiger partial charge on any atom is 0.220 e. The number of carbonyl (C=O) groups excluding carboxylic acids is 2. The van der Waals surface area contributed by atoms with Gasteiger partial charge in [-0.3, -0.25) is 14.7 Å². The number of aryl methyl sites for hydroxylation is 2. The van der Waals surface area contributed by atoms with Gasteiger partial charge in [-0.05, 0) is 25.5 Å². The van der Waals surface area contributed by atoms with Gasteiger partial charge in [-0.15, -0.1) is 11.3 Å². The van der Waals surface area contributed by atoms with E-state index in [2.05, 4.69) is 10.2 Å². The van der Waals surface area contributed by atoms with E-state index in [0.29, 0.717) is 16.1 Å². The summed E-state index contributed by atoms with van der Waals surface area (Å²) in [6, 6.07) is 1.62. The summed E-state index contributed by atoms with van der Waals surface area (Å²) in [6.45, 7) is 3.64. The third-order valence-electron chi connectivity index (χ3n) is 2.36. The van der Waals surface area contributed by atoms with Gasteiger partial charge in [0.1, 0.15) is 5.69 Å². The Labute approximate surface area is 96.3 Å². The van der Waals surface area contributed by atoms with Crippen molar-refractivity contribution in [3.63, 3.8) is 0 Å². The minimum absolute atomic E-state index is 0.115. The molecule has 0 aromatic carbocycles. The summed E-state index contributed by atoms with van der Waals surface area (Å²) in [4.78, 5) is 24.1. The van der Waals surface area contributed by atoms with E-state index in [1.807, 2.05) is 13.8 Å². The van der Waals surface area contributed by atoms with Crippen LogP contribution in [0, 0.1) is 13.8 Å². The molecule has 0 fully saturated rings. The van der Waals surface area contributed by atoms with E-state index in [4.69, 9.17) is 0 Å². The zero-order valence-corrected chi connectivity index (χ0v) is 9.72. The highest BCUT2D eigenvalue weighted by atomic mass is 32.1. The maximum absolute atomic E-state index is 12.0. The molecule has 0 aliphatic heterocycles. The van der Waals surface area contributed by atoms with Crippen molar-refractivity contribution in [2.24, 2.45) is 0 Å². The molecule has 1 N–H and O–H groups in total. The molecule has 0 saturated heterocycles. The highest BCUT2D eigenvalue weighted by Crippen LogP contribution is 2.23. The monoisotopic (exact) mass is 234 g/mol. The Bertz CT molecular complexity index is 554. The number of aldehydes is 1. The number of rotatable bonds is 3. The average molecular weight is 234 g/mol. The van der Waals surface area contributed by atoms with Crippen LogP contribution in [0.1, 0.15) is 36.2 Å². The Kier molecular flexibility index (Phi) is 2.70. The maximum atomic E-state index is 12.0. The fourth-order valence-corrected chi connectivity index (χ4v) is 2.36. The first-order valence-corrected chi connectivity index (χ1v) is 5.55. The van der Waals surface area contributed by atoms with Crippen LogP contribution in [0.4, 0.5) is 0 Å². The molecular weight excluding hydrogens is 224 g/mol. The van der Waals surface area contributed by atoms with E-state index in [0.717, 1.165) is 16.7 Å². The molecule has 0 aliphatic carbocycles. The van der Waals surface area contributed by atoms with Gasteiger partial charge in [-0.1, -0.05) is 0 Å². The first-order valence-electron chi connectivity index (χ1n) is 4.73. The van der Waals surface area contributed by atoms with Gasteiger partial charge < -0.3 is 0 Å². The Morgan fingerprint density at radius 3 is 2.75 bits per heavy atom. The lowest BCUT2D eigenvalue weighted by Crippen LogP contribution is -2.01. The lowest BCUT2D eigenvalue weighted by molar-refractivity contribution is 0.103. The molecule has 4 nitrogen and oxygen atoms in total. The largest absolute Gasteiger partial charge is 0.298 e. The summed E-state index contributed by atoms with van der Waals surface area (Å²) >= 11 is 1.33. The van der Waals surface area contributed by atoms with Crippen LogP contribution >= 0.6 is 11.3 Å². The van der Waals surface area contributed by atoms with E-state index in [9.17, 15) is 9.59 Å². The normalized spacial score (nSPS) is 10.4. The van der Waals surface area contributed by atoms with E-state index >= 15 is 0 Å². The Hall–Kier alpha value is -1.75. The van der Waals surface area contributed by atoms with Crippen molar-refractivity contribution < 1.29 is 9.59 Å². The molecular formula is C11H10N2O2S. The van der Waals surface area contributed by atoms with Gasteiger partial charge in [-0.2, -0.15) is 5.10 Å². The summed E-state index contributed by atoms with van der Waals surface area (Å²) in [5.41, 5.74) is 1.87. The zero-order chi connectivity index (χ0) is 11.7. The first-order chi connectivity index (χ1) is 7.63. The molecule has 0 bridgehead atoms. The van der Waals surface area contributed by atoms with Gasteiger partial charge in [0.2, 0.25) is 5.78 Å². The smallest absolute Gasteiger partial charge is 0.220 e. The summed E-state index contributed by atoms with van der Waals surface area (Å²) in [5.74, 6) is -0.115. The van der Waals surface area contributed by atoms with Crippen molar-refractivity contribution in [2.75, 3.05) is 0 Å². The predicted octanol–water partition coefficient (Wildman–Crippen LogP) is 2.13. The molecule has 0 unspecified atom stereocenters. The SMILES string of the molecule is Cc1cn[nH]c1C(=O)c1cc(C=O)c(C)s1. The van der Waals surface area contributed by atoms with E-state index in [1.54, 1.807) is 12.3 Å². The van der Waals surface area contributed by atoms with Gasteiger partial charge in [0, 0.05) is 10.4 Å². The number of aromatic nitrogens is 2. The van der Waals surface area contributed by atoms with Crippen LogP contribution in [-0.2, 0) is 0 Å². The molecule has 0 saturated carbocycles. The van der Waals surface area contributed by atoms with Crippen LogP contribution in [0.15, 0.2) is 12.3 Å².